The van der Waals surface area contributed by atoms with Crippen LogP contribution in [0.1, 0.15) is 42.1 Å². The van der Waals surface area contributed by atoms with E-state index in [-0.39, 0.29) is 18.0 Å². The van der Waals surface area contributed by atoms with Crippen LogP contribution in [0.25, 0.3) is 0 Å². The third kappa shape index (κ3) is 4.54. The van der Waals surface area contributed by atoms with Crippen LogP contribution in [0.5, 0.6) is 0 Å². The van der Waals surface area contributed by atoms with E-state index in [1.54, 1.807) is 0 Å². The molecule has 2 aromatic rings. The van der Waals surface area contributed by atoms with Crippen LogP contribution >= 0.6 is 0 Å². The summed E-state index contributed by atoms with van der Waals surface area (Å²) in [4.78, 5) is 28.7. The van der Waals surface area contributed by atoms with Gasteiger partial charge in [0.05, 0.1) is 6.33 Å². The van der Waals surface area contributed by atoms with Gasteiger partial charge < -0.3 is 5.32 Å². The molecule has 0 spiro atoms. The molecular formula is C19H25N3O2. The molecule has 0 saturated heterocycles. The molecule has 0 unspecified atom stereocenters. The second-order valence-electron chi connectivity index (χ2n) is 6.27. The number of carbonyl (C=O) groups excluding carboxylic acids is 1. The van der Waals surface area contributed by atoms with Crippen molar-refractivity contribution in [2.45, 2.75) is 53.5 Å². The number of hydrogen-bond acceptors (Lipinski definition) is 3. The van der Waals surface area contributed by atoms with E-state index in [0.29, 0.717) is 0 Å². The van der Waals surface area contributed by atoms with Crippen LogP contribution in [-0.2, 0) is 17.8 Å². The Hall–Kier alpha value is -2.43. The Labute approximate surface area is 142 Å². The lowest BCUT2D eigenvalue weighted by atomic mass is 10.1. The van der Waals surface area contributed by atoms with Crippen molar-refractivity contribution < 1.29 is 4.79 Å². The zero-order valence-electron chi connectivity index (χ0n) is 14.8. The topological polar surface area (TPSA) is 64.0 Å². The van der Waals surface area contributed by atoms with Gasteiger partial charge in [-0.25, -0.2) is 4.98 Å². The Balaban J connectivity index is 2.09. The molecule has 128 valence electrons. The van der Waals surface area contributed by atoms with Gasteiger partial charge in [0.25, 0.3) is 5.56 Å². The molecule has 0 aliphatic carbocycles. The summed E-state index contributed by atoms with van der Waals surface area (Å²) in [5.74, 6) is -0.227. The van der Waals surface area contributed by atoms with Crippen LogP contribution in [0, 0.1) is 20.8 Å². The van der Waals surface area contributed by atoms with E-state index in [1.807, 2.05) is 32.9 Å². The number of nitrogens with one attached hydrogen (secondary N) is 1. The highest BCUT2D eigenvalue weighted by Crippen LogP contribution is 2.21. The van der Waals surface area contributed by atoms with Gasteiger partial charge in [0.15, 0.2) is 0 Å². The fraction of sp³-hybridized carbons (Fsp3) is 0.421. The molecule has 0 aliphatic rings. The van der Waals surface area contributed by atoms with Crippen molar-refractivity contribution in [1.29, 1.82) is 0 Å². The van der Waals surface area contributed by atoms with Crippen LogP contribution in [0.4, 0.5) is 5.69 Å². The van der Waals surface area contributed by atoms with E-state index in [0.717, 1.165) is 47.3 Å². The number of aromatic nitrogens is 2. The third-order valence-corrected chi connectivity index (χ3v) is 3.98. The molecule has 1 aromatic heterocycles. The minimum absolute atomic E-state index is 0.0351. The molecule has 2 rings (SSSR count). The zero-order chi connectivity index (χ0) is 17.7. The molecule has 0 bridgehead atoms. The van der Waals surface area contributed by atoms with E-state index in [9.17, 15) is 9.59 Å². The summed E-state index contributed by atoms with van der Waals surface area (Å²) < 4.78 is 1.34. The summed E-state index contributed by atoms with van der Waals surface area (Å²) in [6, 6.07) is 5.57. The molecule has 1 heterocycles. The molecule has 5 nitrogen and oxygen atoms in total. The normalized spacial score (nSPS) is 10.7. The zero-order valence-corrected chi connectivity index (χ0v) is 14.8. The largest absolute Gasteiger partial charge is 0.324 e. The first-order chi connectivity index (χ1) is 11.4. The fourth-order valence-corrected chi connectivity index (χ4v) is 2.79. The second kappa shape index (κ2) is 7.90. The summed E-state index contributed by atoms with van der Waals surface area (Å²) in [6.07, 6.45) is 4.31. The number of anilines is 1. The van der Waals surface area contributed by atoms with Crippen molar-refractivity contribution in [2.75, 3.05) is 5.32 Å². The summed E-state index contributed by atoms with van der Waals surface area (Å²) in [5, 5.41) is 2.90. The van der Waals surface area contributed by atoms with Gasteiger partial charge in [-0.2, -0.15) is 0 Å². The maximum absolute atomic E-state index is 12.3. The molecule has 5 heteroatoms. The van der Waals surface area contributed by atoms with Gasteiger partial charge >= 0.3 is 0 Å². The Morgan fingerprint density at radius 1 is 1.17 bits per heavy atom. The number of hydrogen-bond donors (Lipinski definition) is 1. The van der Waals surface area contributed by atoms with Gasteiger partial charge in [0.2, 0.25) is 5.91 Å². The Morgan fingerprint density at radius 2 is 1.83 bits per heavy atom. The Bertz CT molecular complexity index is 770. The highest BCUT2D eigenvalue weighted by molar-refractivity contribution is 5.92. The van der Waals surface area contributed by atoms with E-state index in [4.69, 9.17) is 0 Å². The molecule has 24 heavy (non-hydrogen) atoms. The van der Waals surface area contributed by atoms with Gasteiger partial charge in [-0.15, -0.1) is 0 Å². The van der Waals surface area contributed by atoms with Crippen molar-refractivity contribution >= 4 is 11.6 Å². The Kier molecular flexibility index (Phi) is 5.90. The van der Waals surface area contributed by atoms with E-state index in [2.05, 4.69) is 17.2 Å². The number of amides is 1. The molecule has 1 amide bonds. The molecule has 0 aliphatic heterocycles. The smallest absolute Gasteiger partial charge is 0.253 e. The number of aryl methyl sites for hydroxylation is 4. The number of unbranched alkanes of at least 4 members (excludes halogenated alkanes) is 1. The summed E-state index contributed by atoms with van der Waals surface area (Å²) in [6.45, 7) is 8.02. The molecule has 1 N–H and O–H groups in total. The predicted molar refractivity (Wildman–Crippen MR) is 96.4 cm³/mol. The van der Waals surface area contributed by atoms with Crippen molar-refractivity contribution in [3.8, 4) is 0 Å². The molecule has 0 atom stereocenters. The SMILES string of the molecule is CCCCc1cc(=O)n(CC(=O)Nc2c(C)cc(C)cc2C)cn1. The third-order valence-electron chi connectivity index (χ3n) is 3.98. The quantitative estimate of drug-likeness (QED) is 0.886. The van der Waals surface area contributed by atoms with Crippen molar-refractivity contribution in [2.24, 2.45) is 0 Å². The van der Waals surface area contributed by atoms with E-state index >= 15 is 0 Å². The second-order valence-corrected chi connectivity index (χ2v) is 6.27. The standard InChI is InChI=1S/C19H25N3O2/c1-5-6-7-16-10-18(24)22(12-20-16)11-17(23)21-19-14(3)8-13(2)9-15(19)4/h8-10,12H,5-7,11H2,1-4H3,(H,21,23). The Morgan fingerprint density at radius 3 is 2.42 bits per heavy atom. The van der Waals surface area contributed by atoms with Gasteiger partial charge in [-0.05, 0) is 44.7 Å². The maximum Gasteiger partial charge on any atom is 0.253 e. The van der Waals surface area contributed by atoms with Crippen LogP contribution in [0.2, 0.25) is 0 Å². The average molecular weight is 327 g/mol. The lowest BCUT2D eigenvalue weighted by molar-refractivity contribution is -0.116. The first-order valence-corrected chi connectivity index (χ1v) is 8.33. The first kappa shape index (κ1) is 17.9. The number of rotatable bonds is 6. The molecule has 0 radical (unpaired) electrons. The monoisotopic (exact) mass is 327 g/mol. The fourth-order valence-electron chi connectivity index (χ4n) is 2.79. The minimum Gasteiger partial charge on any atom is -0.324 e. The van der Waals surface area contributed by atoms with Crippen LogP contribution in [0.3, 0.4) is 0 Å². The molecule has 0 saturated carbocycles. The maximum atomic E-state index is 12.3. The number of benzene rings is 1. The van der Waals surface area contributed by atoms with Crippen LogP contribution in [-0.4, -0.2) is 15.5 Å². The van der Waals surface area contributed by atoms with Crippen molar-refractivity contribution in [3.63, 3.8) is 0 Å². The molecule has 1 aromatic carbocycles. The van der Waals surface area contributed by atoms with Gasteiger partial charge in [-0.1, -0.05) is 31.0 Å². The van der Waals surface area contributed by atoms with Crippen LogP contribution in [0.15, 0.2) is 29.3 Å². The lowest BCUT2D eigenvalue weighted by Gasteiger charge is -2.13. The van der Waals surface area contributed by atoms with Gasteiger partial charge in [0.1, 0.15) is 6.54 Å². The summed E-state index contributed by atoms with van der Waals surface area (Å²) >= 11 is 0. The average Bonchev–Trinajstić information content (AvgIpc) is 2.51. The highest BCUT2D eigenvalue weighted by Gasteiger charge is 2.10. The summed E-state index contributed by atoms with van der Waals surface area (Å²) in [7, 11) is 0. The van der Waals surface area contributed by atoms with Crippen molar-refractivity contribution in [3.05, 3.63) is 57.3 Å². The number of carbonyl (C=O) groups is 1. The summed E-state index contributed by atoms with van der Waals surface area (Å²) in [5.41, 5.74) is 4.59. The minimum atomic E-state index is -0.227. The molecular weight excluding hydrogens is 302 g/mol. The van der Waals surface area contributed by atoms with Gasteiger partial charge in [-0.3, -0.25) is 14.2 Å². The molecule has 0 fully saturated rings. The predicted octanol–water partition coefficient (Wildman–Crippen LogP) is 3.15. The van der Waals surface area contributed by atoms with Gasteiger partial charge in [0, 0.05) is 17.4 Å². The van der Waals surface area contributed by atoms with Crippen LogP contribution < -0.4 is 10.9 Å². The highest BCUT2D eigenvalue weighted by atomic mass is 16.2. The first-order valence-electron chi connectivity index (χ1n) is 8.33. The van der Waals surface area contributed by atoms with E-state index in [1.165, 1.54) is 17.0 Å². The number of nitrogens with zero attached hydrogens (tertiary/aromatic N) is 2. The van der Waals surface area contributed by atoms with Crippen molar-refractivity contribution in [1.82, 2.24) is 9.55 Å². The van der Waals surface area contributed by atoms with E-state index < -0.39 is 0 Å². The lowest BCUT2D eigenvalue weighted by Crippen LogP contribution is -2.28.